The predicted molar refractivity (Wildman–Crippen MR) is 133 cm³/mol. The van der Waals surface area contributed by atoms with Crippen LogP contribution in [-0.4, -0.2) is 62.2 Å². The van der Waals surface area contributed by atoms with Gasteiger partial charge >= 0.3 is 12.2 Å². The quantitative estimate of drug-likeness (QED) is 0.548. The third-order valence-corrected chi connectivity index (χ3v) is 7.60. The molecule has 34 heavy (non-hydrogen) atoms. The highest BCUT2D eigenvalue weighted by atomic mass is 79.9. The zero-order valence-corrected chi connectivity index (χ0v) is 21.0. The van der Waals surface area contributed by atoms with Gasteiger partial charge in [0.15, 0.2) is 0 Å². The number of nitrogens with one attached hydrogen (secondary N) is 1. The maximum atomic E-state index is 12.8. The standard InChI is InChI=1S/C25H27BrN4O4/c1-28-21-7-5-4-6-19(21)25(11-13-29(22(25)28)24(32)34-3)30-15-16(10-12-27-23(31)33-2)18-14-17(26)8-9-20(18)30/h4-9,14-15,22H,10-13H2,1-3H3,(H,27,31)/t22-,25+/m0/s1. The van der Waals surface area contributed by atoms with Crippen molar-refractivity contribution >= 4 is 44.7 Å². The molecule has 0 aliphatic carbocycles. The molecular formula is C25H27BrN4O4. The number of hydrogen-bond donors (Lipinski definition) is 1. The van der Waals surface area contributed by atoms with Crippen LogP contribution >= 0.6 is 15.9 Å². The van der Waals surface area contributed by atoms with Gasteiger partial charge in [-0.15, -0.1) is 0 Å². The Hall–Kier alpha value is -3.20. The summed E-state index contributed by atoms with van der Waals surface area (Å²) in [6, 6.07) is 14.6. The predicted octanol–water partition coefficient (Wildman–Crippen LogP) is 4.29. The van der Waals surface area contributed by atoms with Crippen molar-refractivity contribution in [3.05, 3.63) is 64.3 Å². The van der Waals surface area contributed by atoms with Crippen molar-refractivity contribution in [2.24, 2.45) is 0 Å². The van der Waals surface area contributed by atoms with Crippen LogP contribution in [0.5, 0.6) is 0 Å². The summed E-state index contributed by atoms with van der Waals surface area (Å²) in [4.78, 5) is 28.4. The largest absolute Gasteiger partial charge is 0.453 e. The number of para-hydroxylation sites is 1. The van der Waals surface area contributed by atoms with Gasteiger partial charge < -0.3 is 24.3 Å². The van der Waals surface area contributed by atoms with Gasteiger partial charge in [0.05, 0.1) is 14.2 Å². The maximum Gasteiger partial charge on any atom is 0.411 e. The van der Waals surface area contributed by atoms with E-state index in [9.17, 15) is 9.59 Å². The van der Waals surface area contributed by atoms with Crippen molar-refractivity contribution in [2.45, 2.75) is 24.5 Å². The van der Waals surface area contributed by atoms with E-state index in [2.05, 4.69) is 67.2 Å². The van der Waals surface area contributed by atoms with Gasteiger partial charge in [-0.1, -0.05) is 34.1 Å². The molecule has 1 aromatic heterocycles. The fourth-order valence-electron chi connectivity index (χ4n) is 5.74. The first-order valence-electron chi connectivity index (χ1n) is 11.2. The summed E-state index contributed by atoms with van der Waals surface area (Å²) in [5.74, 6) is 0. The second-order valence-electron chi connectivity index (χ2n) is 8.69. The second kappa shape index (κ2) is 8.54. The number of aromatic nitrogens is 1. The average molecular weight is 527 g/mol. The number of alkyl carbamates (subject to hydrolysis) is 1. The number of ether oxygens (including phenoxy) is 2. The highest BCUT2D eigenvalue weighted by Gasteiger charge is 2.59. The number of nitrogens with zero attached hydrogens (tertiary/aromatic N) is 3. The van der Waals surface area contributed by atoms with Crippen LogP contribution in [0.4, 0.5) is 15.3 Å². The Morgan fingerprint density at radius 3 is 2.74 bits per heavy atom. The normalized spacial score (nSPS) is 20.9. The number of benzene rings is 2. The molecule has 0 radical (unpaired) electrons. The molecule has 8 nitrogen and oxygen atoms in total. The van der Waals surface area contributed by atoms with Gasteiger partial charge in [-0.05, 0) is 42.7 Å². The zero-order valence-electron chi connectivity index (χ0n) is 19.4. The minimum atomic E-state index is -0.473. The third-order valence-electron chi connectivity index (χ3n) is 7.11. The van der Waals surface area contributed by atoms with E-state index in [1.165, 1.54) is 19.8 Å². The molecular weight excluding hydrogens is 500 g/mol. The first-order chi connectivity index (χ1) is 16.4. The van der Waals surface area contributed by atoms with Gasteiger partial charge in [-0.3, -0.25) is 4.90 Å². The fourth-order valence-corrected chi connectivity index (χ4v) is 6.10. The van der Waals surface area contributed by atoms with E-state index >= 15 is 0 Å². The van der Waals surface area contributed by atoms with Crippen molar-refractivity contribution in [3.8, 4) is 0 Å². The summed E-state index contributed by atoms with van der Waals surface area (Å²) in [5.41, 5.74) is 4.02. The smallest absolute Gasteiger partial charge is 0.411 e. The Morgan fingerprint density at radius 2 is 1.97 bits per heavy atom. The van der Waals surface area contributed by atoms with Crippen LogP contribution in [0.25, 0.3) is 10.9 Å². The Morgan fingerprint density at radius 1 is 1.18 bits per heavy atom. The number of methoxy groups -OCH3 is 2. The highest BCUT2D eigenvalue weighted by molar-refractivity contribution is 9.10. The number of hydrogen-bond acceptors (Lipinski definition) is 5. The molecule has 9 heteroatoms. The van der Waals surface area contributed by atoms with Crippen LogP contribution in [-0.2, 0) is 21.4 Å². The van der Waals surface area contributed by atoms with Crippen LogP contribution in [0.1, 0.15) is 17.5 Å². The Balaban J connectivity index is 1.68. The van der Waals surface area contributed by atoms with E-state index < -0.39 is 11.6 Å². The summed E-state index contributed by atoms with van der Waals surface area (Å²) in [6.07, 6.45) is 2.59. The van der Waals surface area contributed by atoms with Gasteiger partial charge in [-0.2, -0.15) is 0 Å². The fraction of sp³-hybridized carbons (Fsp3) is 0.360. The summed E-state index contributed by atoms with van der Waals surface area (Å²) >= 11 is 3.61. The maximum absolute atomic E-state index is 12.8. The van der Waals surface area contributed by atoms with Gasteiger partial charge in [-0.25, -0.2) is 9.59 Å². The molecule has 178 valence electrons. The molecule has 0 unspecified atom stereocenters. The number of anilines is 1. The van der Waals surface area contributed by atoms with E-state index in [0.717, 1.165) is 33.0 Å². The molecule has 5 rings (SSSR count). The van der Waals surface area contributed by atoms with Gasteiger partial charge in [0.25, 0.3) is 0 Å². The summed E-state index contributed by atoms with van der Waals surface area (Å²) in [6.45, 7) is 1.05. The molecule has 3 heterocycles. The van der Waals surface area contributed by atoms with Crippen LogP contribution in [0.3, 0.4) is 0 Å². The Bertz CT molecular complexity index is 1280. The first kappa shape index (κ1) is 22.6. The second-order valence-corrected chi connectivity index (χ2v) is 9.61. The molecule has 0 spiro atoms. The van der Waals surface area contributed by atoms with Crippen LogP contribution in [0, 0.1) is 0 Å². The molecule has 2 aliphatic heterocycles. The van der Waals surface area contributed by atoms with E-state index in [4.69, 9.17) is 9.47 Å². The van der Waals surface area contributed by atoms with E-state index in [-0.39, 0.29) is 12.3 Å². The lowest BCUT2D eigenvalue weighted by molar-refractivity contribution is 0.110. The van der Waals surface area contributed by atoms with Crippen molar-refractivity contribution in [3.63, 3.8) is 0 Å². The van der Waals surface area contributed by atoms with Gasteiger partial charge in [0, 0.05) is 53.0 Å². The Labute approximate surface area is 206 Å². The number of amides is 2. The van der Waals surface area contributed by atoms with Crippen molar-refractivity contribution in [1.82, 2.24) is 14.8 Å². The molecule has 2 amide bonds. The first-order valence-corrected chi connectivity index (χ1v) is 12.0. The number of rotatable bonds is 4. The zero-order chi connectivity index (χ0) is 24.0. The minimum absolute atomic E-state index is 0.224. The number of fused-ring (bicyclic) bond motifs is 4. The lowest BCUT2D eigenvalue weighted by Crippen LogP contribution is -2.53. The highest BCUT2D eigenvalue weighted by Crippen LogP contribution is 2.53. The molecule has 3 aromatic rings. The van der Waals surface area contributed by atoms with Crippen LogP contribution in [0.15, 0.2) is 53.1 Å². The van der Waals surface area contributed by atoms with Gasteiger partial charge in [0.2, 0.25) is 0 Å². The van der Waals surface area contributed by atoms with Crippen molar-refractivity contribution in [2.75, 3.05) is 39.3 Å². The van der Waals surface area contributed by atoms with E-state index in [1.54, 1.807) is 0 Å². The average Bonchev–Trinajstić information content (AvgIpc) is 3.49. The van der Waals surface area contributed by atoms with Crippen molar-refractivity contribution in [1.29, 1.82) is 0 Å². The number of carbonyl (C=O) groups excluding carboxylic acids is 2. The SMILES string of the molecule is COC(=O)NCCc1cn([C@@]23CCN(C(=O)OC)[C@@H]2N(C)c2ccccc23)c2ccc(Br)cc12. The molecule has 1 saturated heterocycles. The summed E-state index contributed by atoms with van der Waals surface area (Å²) in [5, 5.41) is 3.89. The van der Waals surface area contributed by atoms with E-state index in [0.29, 0.717) is 19.5 Å². The topological polar surface area (TPSA) is 76.0 Å². The lowest BCUT2D eigenvalue weighted by Gasteiger charge is -2.37. The summed E-state index contributed by atoms with van der Waals surface area (Å²) < 4.78 is 13.2. The molecule has 2 aromatic carbocycles. The number of likely N-dealkylation sites (tertiary alicyclic amines) is 1. The molecule has 0 saturated carbocycles. The number of likely N-dealkylation sites (N-methyl/N-ethyl adjacent to an activating group) is 1. The molecule has 2 atom stereocenters. The molecule has 0 bridgehead atoms. The Kier molecular flexibility index (Phi) is 5.67. The lowest BCUT2D eigenvalue weighted by atomic mass is 9.88. The van der Waals surface area contributed by atoms with Gasteiger partial charge in [0.1, 0.15) is 11.7 Å². The number of halogens is 1. The number of carbonyl (C=O) groups is 2. The van der Waals surface area contributed by atoms with Crippen LogP contribution in [0.2, 0.25) is 0 Å². The van der Waals surface area contributed by atoms with Crippen molar-refractivity contribution < 1.29 is 19.1 Å². The van der Waals surface area contributed by atoms with E-state index in [1.807, 2.05) is 24.1 Å². The molecule has 2 aliphatic rings. The third kappa shape index (κ3) is 3.25. The minimum Gasteiger partial charge on any atom is -0.453 e. The monoisotopic (exact) mass is 526 g/mol. The molecule has 1 fully saturated rings. The summed E-state index contributed by atoms with van der Waals surface area (Å²) in [7, 11) is 4.83. The van der Waals surface area contributed by atoms with Crippen LogP contribution < -0.4 is 10.2 Å². The molecule has 1 N–H and O–H groups in total.